The molecule has 0 N–H and O–H groups in total. The third-order valence-electron chi connectivity index (χ3n) is 3.53. The molecule has 1 aliphatic rings. The van der Waals surface area contributed by atoms with Gasteiger partial charge in [-0.15, -0.1) is 0 Å². The Balaban J connectivity index is 2.20. The van der Waals surface area contributed by atoms with Gasteiger partial charge in [0.15, 0.2) is 5.75 Å². The third-order valence-corrected chi connectivity index (χ3v) is 3.77. The molecule has 3 nitrogen and oxygen atoms in total. The molecule has 3 rings (SSSR count). The second kappa shape index (κ2) is 5.45. The first-order valence-corrected chi connectivity index (χ1v) is 7.19. The average Bonchev–Trinajstić information content (AvgIpc) is 2.59. The molecule has 1 heterocycles. The van der Waals surface area contributed by atoms with Gasteiger partial charge in [-0.3, -0.25) is 4.79 Å². The second-order valence-corrected chi connectivity index (χ2v) is 5.41. The van der Waals surface area contributed by atoms with Crippen LogP contribution < -0.4 is 9.64 Å². The van der Waals surface area contributed by atoms with Crippen molar-refractivity contribution in [1.29, 1.82) is 0 Å². The fraction of sp³-hybridized carbons (Fsp3) is 0.188. The smallest absolute Gasteiger partial charge is 0.416 e. The van der Waals surface area contributed by atoms with E-state index in [9.17, 15) is 18.0 Å². The van der Waals surface area contributed by atoms with Gasteiger partial charge in [-0.05, 0) is 37.3 Å². The lowest BCUT2D eigenvalue weighted by molar-refractivity contribution is -0.137. The molecular weight excluding hydrogens is 331 g/mol. The van der Waals surface area contributed by atoms with Crippen molar-refractivity contribution in [2.24, 2.45) is 0 Å². The summed E-state index contributed by atoms with van der Waals surface area (Å²) in [6, 6.07) is 7.51. The molecule has 23 heavy (non-hydrogen) atoms. The van der Waals surface area contributed by atoms with Crippen molar-refractivity contribution >= 4 is 23.2 Å². The van der Waals surface area contributed by atoms with E-state index in [0.29, 0.717) is 17.3 Å². The summed E-state index contributed by atoms with van der Waals surface area (Å²) in [5.74, 6) is -0.313. The molecule has 0 spiro atoms. The van der Waals surface area contributed by atoms with E-state index >= 15 is 0 Å². The number of rotatable bonds is 1. The Morgan fingerprint density at radius 2 is 1.87 bits per heavy atom. The van der Waals surface area contributed by atoms with Gasteiger partial charge in [-0.25, -0.2) is 0 Å². The van der Waals surface area contributed by atoms with E-state index in [4.69, 9.17) is 16.3 Å². The highest BCUT2D eigenvalue weighted by Crippen LogP contribution is 2.42. The monoisotopic (exact) mass is 341 g/mol. The van der Waals surface area contributed by atoms with E-state index in [1.165, 1.54) is 11.0 Å². The number of nitrogens with zero attached hydrogens (tertiary/aromatic N) is 1. The van der Waals surface area contributed by atoms with Crippen LogP contribution >= 0.6 is 11.6 Å². The molecule has 2 aromatic rings. The van der Waals surface area contributed by atoms with Crippen molar-refractivity contribution in [3.63, 3.8) is 0 Å². The van der Waals surface area contributed by atoms with E-state index in [1.54, 1.807) is 19.1 Å². The molecule has 1 amide bonds. The van der Waals surface area contributed by atoms with Crippen molar-refractivity contribution < 1.29 is 22.7 Å². The minimum Gasteiger partial charge on any atom is -0.454 e. The number of carbonyl (C=O) groups excluding carboxylic acids is 1. The number of halogens is 4. The van der Waals surface area contributed by atoms with Crippen molar-refractivity contribution in [2.45, 2.75) is 13.1 Å². The first-order valence-electron chi connectivity index (χ1n) is 6.81. The highest BCUT2D eigenvalue weighted by molar-refractivity contribution is 6.31. The molecule has 0 bridgehead atoms. The van der Waals surface area contributed by atoms with Crippen LogP contribution in [0.5, 0.6) is 11.5 Å². The Kier molecular flexibility index (Phi) is 3.72. The SMILES string of the molecule is CCN1C(=O)c2ccc(C(F)(F)F)cc2Oc2cc(Cl)ccc21. The van der Waals surface area contributed by atoms with Crippen LogP contribution in [0.4, 0.5) is 18.9 Å². The molecule has 0 saturated carbocycles. The van der Waals surface area contributed by atoms with Crippen LogP contribution in [0, 0.1) is 0 Å². The van der Waals surface area contributed by atoms with Crippen molar-refractivity contribution in [3.05, 3.63) is 52.5 Å². The van der Waals surface area contributed by atoms with Crippen LogP contribution in [0.1, 0.15) is 22.8 Å². The molecule has 0 radical (unpaired) electrons. The van der Waals surface area contributed by atoms with Crippen molar-refractivity contribution in [3.8, 4) is 11.5 Å². The lowest BCUT2D eigenvalue weighted by Gasteiger charge is -2.20. The zero-order chi connectivity index (χ0) is 16.8. The fourth-order valence-electron chi connectivity index (χ4n) is 2.44. The molecule has 1 aliphatic heterocycles. The van der Waals surface area contributed by atoms with E-state index in [1.807, 2.05) is 0 Å². The molecule has 0 aliphatic carbocycles. The Bertz CT molecular complexity index is 789. The molecule has 0 aromatic heterocycles. The van der Waals surface area contributed by atoms with Crippen LogP contribution in [0.3, 0.4) is 0 Å². The van der Waals surface area contributed by atoms with Gasteiger partial charge in [0.1, 0.15) is 5.75 Å². The van der Waals surface area contributed by atoms with Gasteiger partial charge < -0.3 is 9.64 Å². The maximum absolute atomic E-state index is 12.9. The summed E-state index contributed by atoms with van der Waals surface area (Å²) in [4.78, 5) is 14.0. The summed E-state index contributed by atoms with van der Waals surface area (Å²) in [5.41, 5.74) is -0.337. The molecule has 2 aromatic carbocycles. The normalized spacial score (nSPS) is 14.0. The highest BCUT2D eigenvalue weighted by Gasteiger charge is 2.34. The number of fused-ring (bicyclic) bond motifs is 2. The Morgan fingerprint density at radius 1 is 1.13 bits per heavy atom. The average molecular weight is 342 g/mol. The number of anilines is 1. The van der Waals surface area contributed by atoms with Crippen LogP contribution in [0.2, 0.25) is 5.02 Å². The van der Waals surface area contributed by atoms with E-state index in [-0.39, 0.29) is 17.1 Å². The summed E-state index contributed by atoms with van der Waals surface area (Å²) in [5, 5.41) is 0.364. The summed E-state index contributed by atoms with van der Waals surface area (Å²) in [6.07, 6.45) is -4.52. The largest absolute Gasteiger partial charge is 0.454 e. The second-order valence-electron chi connectivity index (χ2n) is 4.97. The van der Waals surface area contributed by atoms with Crippen LogP contribution in [-0.2, 0) is 6.18 Å². The minimum atomic E-state index is -4.52. The van der Waals surface area contributed by atoms with Gasteiger partial charge in [0.05, 0.1) is 16.8 Å². The first kappa shape index (κ1) is 15.7. The number of amides is 1. The van der Waals surface area contributed by atoms with Gasteiger partial charge in [0, 0.05) is 17.6 Å². The first-order chi connectivity index (χ1) is 10.8. The van der Waals surface area contributed by atoms with Gasteiger partial charge in [-0.1, -0.05) is 11.6 Å². The van der Waals surface area contributed by atoms with Gasteiger partial charge in [0.25, 0.3) is 5.91 Å². The molecule has 120 valence electrons. The zero-order valence-electron chi connectivity index (χ0n) is 11.9. The number of ether oxygens (including phenoxy) is 1. The summed E-state index contributed by atoms with van der Waals surface area (Å²) in [6.45, 7) is 2.11. The fourth-order valence-corrected chi connectivity index (χ4v) is 2.60. The van der Waals surface area contributed by atoms with E-state index < -0.39 is 17.6 Å². The predicted molar refractivity (Wildman–Crippen MR) is 80.3 cm³/mol. The quantitative estimate of drug-likeness (QED) is 0.719. The maximum atomic E-state index is 12.9. The molecular formula is C16H11ClF3NO2. The van der Waals surface area contributed by atoms with Crippen LogP contribution in [0.15, 0.2) is 36.4 Å². The summed E-state index contributed by atoms with van der Waals surface area (Å²) < 4.78 is 44.2. The zero-order valence-corrected chi connectivity index (χ0v) is 12.7. The molecule has 7 heteroatoms. The number of hydrogen-bond donors (Lipinski definition) is 0. The topological polar surface area (TPSA) is 29.5 Å². The number of carbonyl (C=O) groups is 1. The molecule has 0 saturated heterocycles. The Labute approximate surface area is 135 Å². The van der Waals surface area contributed by atoms with Crippen molar-refractivity contribution in [2.75, 3.05) is 11.4 Å². The minimum absolute atomic E-state index is 0.0761. The Morgan fingerprint density at radius 3 is 2.52 bits per heavy atom. The molecule has 0 atom stereocenters. The Hall–Kier alpha value is -2.21. The van der Waals surface area contributed by atoms with E-state index in [0.717, 1.165) is 18.2 Å². The molecule has 0 fully saturated rings. The number of alkyl halides is 3. The van der Waals surface area contributed by atoms with E-state index in [2.05, 4.69) is 0 Å². The van der Waals surface area contributed by atoms with Gasteiger partial charge >= 0.3 is 6.18 Å². The van der Waals surface area contributed by atoms with Crippen molar-refractivity contribution in [1.82, 2.24) is 0 Å². The lowest BCUT2D eigenvalue weighted by atomic mass is 10.1. The standard InChI is InChI=1S/C16H11ClF3NO2/c1-2-21-12-6-4-10(17)8-14(12)23-13-7-9(16(18,19)20)3-5-11(13)15(21)22/h3-8H,2H2,1H3. The van der Waals surface area contributed by atoms with Gasteiger partial charge in [-0.2, -0.15) is 13.2 Å². The maximum Gasteiger partial charge on any atom is 0.416 e. The predicted octanol–water partition coefficient (Wildman–Crippen LogP) is 5.13. The summed E-state index contributed by atoms with van der Waals surface area (Å²) >= 11 is 5.92. The lowest BCUT2D eigenvalue weighted by Crippen LogP contribution is -2.29. The third kappa shape index (κ3) is 2.74. The number of benzene rings is 2. The van der Waals surface area contributed by atoms with Crippen LogP contribution in [-0.4, -0.2) is 12.5 Å². The summed E-state index contributed by atoms with van der Waals surface area (Å²) in [7, 11) is 0. The van der Waals surface area contributed by atoms with Gasteiger partial charge in [0.2, 0.25) is 0 Å². The molecule has 0 unspecified atom stereocenters. The highest BCUT2D eigenvalue weighted by atomic mass is 35.5. The van der Waals surface area contributed by atoms with Crippen LogP contribution in [0.25, 0.3) is 0 Å². The number of hydrogen-bond acceptors (Lipinski definition) is 2.